The second-order valence-corrected chi connectivity index (χ2v) is 3.83. The molecule has 0 saturated carbocycles. The smallest absolute Gasteiger partial charge is 0.0503 e. The zero-order chi connectivity index (χ0) is 8.81. The van der Waals surface area contributed by atoms with Crippen molar-refractivity contribution in [2.75, 3.05) is 39.2 Å². The van der Waals surface area contributed by atoms with Gasteiger partial charge in [-0.2, -0.15) is 0 Å². The SMILES string of the molecule is COCC1CCN(CCCCl)C1. The molecule has 0 aromatic rings. The fraction of sp³-hybridized carbons (Fsp3) is 1.00. The van der Waals surface area contributed by atoms with Crippen LogP contribution in [0.4, 0.5) is 0 Å². The van der Waals surface area contributed by atoms with Gasteiger partial charge in [0.1, 0.15) is 0 Å². The lowest BCUT2D eigenvalue weighted by atomic mass is 10.1. The molecule has 1 atom stereocenters. The molecule has 2 nitrogen and oxygen atoms in total. The Labute approximate surface area is 79.8 Å². The fourth-order valence-electron chi connectivity index (χ4n) is 1.77. The molecule has 1 unspecified atom stereocenters. The van der Waals surface area contributed by atoms with Crippen LogP contribution in [-0.4, -0.2) is 44.1 Å². The van der Waals surface area contributed by atoms with Crippen LogP contribution >= 0.6 is 11.6 Å². The lowest BCUT2D eigenvalue weighted by Gasteiger charge is -2.14. The molecule has 1 heterocycles. The number of ether oxygens (including phenoxy) is 1. The Morgan fingerprint density at radius 3 is 3.08 bits per heavy atom. The largest absolute Gasteiger partial charge is 0.384 e. The quantitative estimate of drug-likeness (QED) is 0.612. The average Bonchev–Trinajstić information content (AvgIpc) is 2.50. The summed E-state index contributed by atoms with van der Waals surface area (Å²) >= 11 is 5.63. The number of alkyl halides is 1. The number of halogens is 1. The molecule has 0 radical (unpaired) electrons. The van der Waals surface area contributed by atoms with E-state index in [0.717, 1.165) is 31.4 Å². The van der Waals surface area contributed by atoms with Gasteiger partial charge in [-0.1, -0.05) is 0 Å². The fourth-order valence-corrected chi connectivity index (χ4v) is 1.89. The molecule has 0 amide bonds. The van der Waals surface area contributed by atoms with Crippen LogP contribution in [0.2, 0.25) is 0 Å². The molecule has 0 aromatic carbocycles. The Balaban J connectivity index is 2.08. The van der Waals surface area contributed by atoms with E-state index in [9.17, 15) is 0 Å². The van der Waals surface area contributed by atoms with Gasteiger partial charge >= 0.3 is 0 Å². The first kappa shape index (κ1) is 10.3. The highest BCUT2D eigenvalue weighted by Gasteiger charge is 2.21. The second-order valence-electron chi connectivity index (χ2n) is 3.45. The maximum atomic E-state index is 5.63. The number of hydrogen-bond acceptors (Lipinski definition) is 2. The predicted octanol–water partition coefficient (Wildman–Crippen LogP) is 1.58. The van der Waals surface area contributed by atoms with E-state index >= 15 is 0 Å². The summed E-state index contributed by atoms with van der Waals surface area (Å²) in [4.78, 5) is 2.48. The van der Waals surface area contributed by atoms with Crippen LogP contribution in [0.3, 0.4) is 0 Å². The first-order valence-electron chi connectivity index (χ1n) is 4.64. The molecule has 0 bridgehead atoms. The third kappa shape index (κ3) is 3.30. The number of hydrogen-bond donors (Lipinski definition) is 0. The Morgan fingerprint density at radius 2 is 2.42 bits per heavy atom. The third-order valence-corrected chi connectivity index (χ3v) is 2.65. The number of likely N-dealkylation sites (tertiary alicyclic amines) is 1. The number of nitrogens with zero attached hydrogens (tertiary/aromatic N) is 1. The Kier molecular flexibility index (Phi) is 4.96. The van der Waals surface area contributed by atoms with E-state index in [0.29, 0.717) is 0 Å². The van der Waals surface area contributed by atoms with Crippen LogP contribution in [0.15, 0.2) is 0 Å². The minimum atomic E-state index is 0.755. The first-order valence-corrected chi connectivity index (χ1v) is 5.17. The molecule has 1 rings (SSSR count). The van der Waals surface area contributed by atoms with Crippen molar-refractivity contribution in [3.8, 4) is 0 Å². The van der Waals surface area contributed by atoms with Crippen LogP contribution in [0.1, 0.15) is 12.8 Å². The topological polar surface area (TPSA) is 12.5 Å². The van der Waals surface area contributed by atoms with Crippen molar-refractivity contribution in [2.45, 2.75) is 12.8 Å². The average molecular weight is 192 g/mol. The lowest BCUT2D eigenvalue weighted by molar-refractivity contribution is 0.153. The van der Waals surface area contributed by atoms with Crippen molar-refractivity contribution in [1.82, 2.24) is 4.90 Å². The highest BCUT2D eigenvalue weighted by atomic mass is 35.5. The molecule has 3 heteroatoms. The van der Waals surface area contributed by atoms with E-state index in [1.807, 2.05) is 0 Å². The monoisotopic (exact) mass is 191 g/mol. The van der Waals surface area contributed by atoms with Crippen LogP contribution in [0.5, 0.6) is 0 Å². The Morgan fingerprint density at radius 1 is 1.58 bits per heavy atom. The van der Waals surface area contributed by atoms with E-state index in [1.54, 1.807) is 7.11 Å². The molecule has 1 fully saturated rings. The molecule has 0 N–H and O–H groups in total. The van der Waals surface area contributed by atoms with Gasteiger partial charge in [-0.3, -0.25) is 0 Å². The Hall–Kier alpha value is 0.210. The van der Waals surface area contributed by atoms with Gasteiger partial charge in [-0.25, -0.2) is 0 Å². The molecular formula is C9H18ClNO. The third-order valence-electron chi connectivity index (χ3n) is 2.38. The maximum Gasteiger partial charge on any atom is 0.0503 e. The van der Waals surface area contributed by atoms with E-state index in [4.69, 9.17) is 16.3 Å². The summed E-state index contributed by atoms with van der Waals surface area (Å²) in [6, 6.07) is 0. The minimum absolute atomic E-state index is 0.755. The summed E-state index contributed by atoms with van der Waals surface area (Å²) in [6.07, 6.45) is 2.40. The van der Waals surface area contributed by atoms with Gasteiger partial charge in [0, 0.05) is 19.5 Å². The van der Waals surface area contributed by atoms with Crippen molar-refractivity contribution >= 4 is 11.6 Å². The molecule has 1 aliphatic rings. The summed E-state index contributed by atoms with van der Waals surface area (Å²) in [5.41, 5.74) is 0. The van der Waals surface area contributed by atoms with Crippen LogP contribution in [0, 0.1) is 5.92 Å². The normalized spacial score (nSPS) is 25.0. The van der Waals surface area contributed by atoms with Gasteiger partial charge in [-0.05, 0) is 31.8 Å². The van der Waals surface area contributed by atoms with Crippen LogP contribution in [0.25, 0.3) is 0 Å². The maximum absolute atomic E-state index is 5.63. The van der Waals surface area contributed by atoms with Gasteiger partial charge < -0.3 is 9.64 Å². The molecular weight excluding hydrogens is 174 g/mol. The molecule has 1 aliphatic heterocycles. The molecule has 0 spiro atoms. The standard InChI is InChI=1S/C9H18ClNO/c1-12-8-9-3-6-11(7-9)5-2-4-10/h9H,2-8H2,1H3. The summed E-state index contributed by atoms with van der Waals surface area (Å²) in [7, 11) is 1.78. The van der Waals surface area contributed by atoms with Crippen LogP contribution < -0.4 is 0 Å². The van der Waals surface area contributed by atoms with E-state index in [1.165, 1.54) is 19.5 Å². The van der Waals surface area contributed by atoms with Gasteiger partial charge in [0.25, 0.3) is 0 Å². The zero-order valence-electron chi connectivity index (χ0n) is 7.76. The Bertz CT molecular complexity index is 121. The second kappa shape index (κ2) is 5.79. The van der Waals surface area contributed by atoms with Gasteiger partial charge in [0.05, 0.1) is 6.61 Å². The van der Waals surface area contributed by atoms with E-state index < -0.39 is 0 Å². The highest BCUT2D eigenvalue weighted by molar-refractivity contribution is 6.17. The zero-order valence-corrected chi connectivity index (χ0v) is 8.52. The van der Waals surface area contributed by atoms with E-state index in [2.05, 4.69) is 4.90 Å². The highest BCUT2D eigenvalue weighted by Crippen LogP contribution is 2.16. The minimum Gasteiger partial charge on any atom is -0.384 e. The van der Waals surface area contributed by atoms with Gasteiger partial charge in [0.15, 0.2) is 0 Å². The molecule has 12 heavy (non-hydrogen) atoms. The van der Waals surface area contributed by atoms with Gasteiger partial charge in [0.2, 0.25) is 0 Å². The van der Waals surface area contributed by atoms with E-state index in [-0.39, 0.29) is 0 Å². The summed E-state index contributed by atoms with van der Waals surface area (Å²) in [6.45, 7) is 4.50. The molecule has 1 saturated heterocycles. The van der Waals surface area contributed by atoms with Crippen LogP contribution in [-0.2, 0) is 4.74 Å². The number of methoxy groups -OCH3 is 1. The lowest BCUT2D eigenvalue weighted by Crippen LogP contribution is -2.23. The van der Waals surface area contributed by atoms with Crippen molar-refractivity contribution in [2.24, 2.45) is 5.92 Å². The van der Waals surface area contributed by atoms with Crippen molar-refractivity contribution in [1.29, 1.82) is 0 Å². The molecule has 0 aromatic heterocycles. The van der Waals surface area contributed by atoms with Crippen molar-refractivity contribution < 1.29 is 4.74 Å². The predicted molar refractivity (Wildman–Crippen MR) is 51.8 cm³/mol. The van der Waals surface area contributed by atoms with Crippen molar-refractivity contribution in [3.63, 3.8) is 0 Å². The summed E-state index contributed by atoms with van der Waals surface area (Å²) < 4.78 is 5.13. The summed E-state index contributed by atoms with van der Waals surface area (Å²) in [5, 5.41) is 0. The number of rotatable bonds is 5. The van der Waals surface area contributed by atoms with Crippen molar-refractivity contribution in [3.05, 3.63) is 0 Å². The molecule has 0 aliphatic carbocycles. The summed E-state index contributed by atoms with van der Waals surface area (Å²) in [5.74, 6) is 1.54. The molecule has 72 valence electrons. The first-order chi connectivity index (χ1) is 5.86. The van der Waals surface area contributed by atoms with Gasteiger partial charge in [-0.15, -0.1) is 11.6 Å².